The van der Waals surface area contributed by atoms with Crippen LogP contribution in [0.1, 0.15) is 17.0 Å². The molecule has 0 aliphatic rings. The van der Waals surface area contributed by atoms with E-state index in [-0.39, 0.29) is 5.69 Å². The lowest BCUT2D eigenvalue weighted by Crippen LogP contribution is -2.30. The number of hydrogen-bond donors (Lipinski definition) is 3. The number of urea groups is 1. The van der Waals surface area contributed by atoms with E-state index in [0.29, 0.717) is 12.3 Å². The highest BCUT2D eigenvalue weighted by molar-refractivity contribution is 7.99. The van der Waals surface area contributed by atoms with Gasteiger partial charge in [0, 0.05) is 34.5 Å². The summed E-state index contributed by atoms with van der Waals surface area (Å²) in [6.45, 7) is 0.342. The first-order valence-electron chi connectivity index (χ1n) is 10.3. The molecule has 0 saturated carbocycles. The Labute approximate surface area is 197 Å². The third-order valence-corrected chi connectivity index (χ3v) is 5.76. The van der Waals surface area contributed by atoms with Gasteiger partial charge in [0.15, 0.2) is 0 Å². The van der Waals surface area contributed by atoms with Gasteiger partial charge in [0.25, 0.3) is 0 Å². The van der Waals surface area contributed by atoms with Crippen molar-refractivity contribution in [3.8, 4) is 0 Å². The van der Waals surface area contributed by atoms with Gasteiger partial charge in [-0.2, -0.15) is 18.3 Å². The molecule has 2 aromatic carbocycles. The van der Waals surface area contributed by atoms with Crippen LogP contribution >= 0.6 is 11.8 Å². The van der Waals surface area contributed by atoms with E-state index in [1.807, 2.05) is 48.6 Å². The van der Waals surface area contributed by atoms with Gasteiger partial charge in [0.05, 0.1) is 22.5 Å². The summed E-state index contributed by atoms with van der Waals surface area (Å²) in [5, 5.41) is 13.4. The van der Waals surface area contributed by atoms with Crippen molar-refractivity contribution in [2.75, 3.05) is 17.6 Å². The number of carbonyl (C=O) groups is 1. The molecule has 4 rings (SSSR count). The number of H-pyrrole nitrogens is 1. The van der Waals surface area contributed by atoms with E-state index < -0.39 is 17.8 Å². The maximum atomic E-state index is 12.8. The predicted octanol–water partition coefficient (Wildman–Crippen LogP) is 6.06. The zero-order valence-electron chi connectivity index (χ0n) is 17.8. The lowest BCUT2D eigenvalue weighted by Gasteiger charge is -2.10. The van der Waals surface area contributed by atoms with Gasteiger partial charge in [0.2, 0.25) is 0 Å². The van der Waals surface area contributed by atoms with E-state index in [1.165, 1.54) is 12.1 Å². The maximum absolute atomic E-state index is 12.8. The number of amides is 2. The van der Waals surface area contributed by atoms with Crippen molar-refractivity contribution in [1.82, 2.24) is 20.5 Å². The molecule has 174 valence electrons. The minimum absolute atomic E-state index is 0.0811. The van der Waals surface area contributed by atoms with Crippen molar-refractivity contribution >= 4 is 46.5 Å². The van der Waals surface area contributed by atoms with Gasteiger partial charge in [-0.15, -0.1) is 11.8 Å². The summed E-state index contributed by atoms with van der Waals surface area (Å²) in [4.78, 5) is 17.2. The van der Waals surface area contributed by atoms with Gasteiger partial charge < -0.3 is 10.6 Å². The number of benzene rings is 2. The molecule has 2 aromatic heterocycles. The number of alkyl halides is 3. The van der Waals surface area contributed by atoms with Crippen molar-refractivity contribution in [3.05, 3.63) is 83.8 Å². The summed E-state index contributed by atoms with van der Waals surface area (Å²) < 4.78 is 38.3. The van der Waals surface area contributed by atoms with Gasteiger partial charge in [-0.25, -0.2) is 4.79 Å². The summed E-state index contributed by atoms with van der Waals surface area (Å²) in [5.74, 6) is 0.585. The molecule has 0 bridgehead atoms. The lowest BCUT2D eigenvalue weighted by atomic mass is 10.2. The number of hydrogen-bond acceptors (Lipinski definition) is 4. The average Bonchev–Trinajstić information content (AvgIpc) is 3.23. The molecule has 2 heterocycles. The van der Waals surface area contributed by atoms with Crippen LogP contribution in [0.3, 0.4) is 0 Å². The fourth-order valence-corrected chi connectivity index (χ4v) is 3.96. The van der Waals surface area contributed by atoms with Crippen LogP contribution in [0.15, 0.2) is 71.8 Å². The number of halogens is 3. The normalized spacial score (nSPS) is 11.7. The molecule has 2 amide bonds. The van der Waals surface area contributed by atoms with E-state index in [9.17, 15) is 18.0 Å². The Balaban J connectivity index is 1.27. The molecule has 4 aromatic rings. The van der Waals surface area contributed by atoms with E-state index in [4.69, 9.17) is 0 Å². The fourth-order valence-electron chi connectivity index (χ4n) is 3.16. The lowest BCUT2D eigenvalue weighted by molar-refractivity contribution is -0.137. The monoisotopic (exact) mass is 483 g/mol. The Morgan fingerprint density at radius 3 is 2.74 bits per heavy atom. The first kappa shape index (κ1) is 23.4. The van der Waals surface area contributed by atoms with Crippen molar-refractivity contribution in [2.24, 2.45) is 0 Å². The Bertz CT molecular complexity index is 1300. The molecule has 3 N–H and O–H groups in total. The topological polar surface area (TPSA) is 82.7 Å². The second-order valence-corrected chi connectivity index (χ2v) is 8.38. The molecule has 0 fully saturated rings. The van der Waals surface area contributed by atoms with Crippen molar-refractivity contribution < 1.29 is 18.0 Å². The van der Waals surface area contributed by atoms with E-state index >= 15 is 0 Å². The van der Waals surface area contributed by atoms with Gasteiger partial charge in [0.1, 0.15) is 0 Å². The van der Waals surface area contributed by atoms with Crippen molar-refractivity contribution in [3.63, 3.8) is 0 Å². The predicted molar refractivity (Wildman–Crippen MR) is 128 cm³/mol. The summed E-state index contributed by atoms with van der Waals surface area (Å²) in [7, 11) is 0. The molecule has 6 nitrogen and oxygen atoms in total. The molecule has 0 radical (unpaired) electrons. The molecule has 0 spiro atoms. The van der Waals surface area contributed by atoms with E-state index in [0.717, 1.165) is 39.3 Å². The average molecular weight is 484 g/mol. The Morgan fingerprint density at radius 2 is 1.94 bits per heavy atom. The van der Waals surface area contributed by atoms with Crippen LogP contribution in [0.4, 0.5) is 23.7 Å². The molecule has 0 aliphatic heterocycles. The van der Waals surface area contributed by atoms with Crippen LogP contribution in [0.25, 0.3) is 23.1 Å². The summed E-state index contributed by atoms with van der Waals surface area (Å²) in [6.07, 6.45) is 1.07. The van der Waals surface area contributed by atoms with Crippen LogP contribution in [0.2, 0.25) is 0 Å². The summed E-state index contributed by atoms with van der Waals surface area (Å²) >= 11 is 1.54. The number of nitrogens with one attached hydrogen (secondary N) is 3. The second kappa shape index (κ2) is 10.4. The number of anilines is 1. The van der Waals surface area contributed by atoms with Crippen LogP contribution < -0.4 is 10.6 Å². The van der Waals surface area contributed by atoms with Crippen LogP contribution in [-0.2, 0) is 6.18 Å². The third kappa shape index (κ3) is 6.16. The number of aromatic nitrogens is 3. The van der Waals surface area contributed by atoms with Crippen molar-refractivity contribution in [2.45, 2.75) is 11.1 Å². The molecule has 0 saturated heterocycles. The molecule has 0 unspecified atom stereocenters. The Morgan fingerprint density at radius 1 is 1.06 bits per heavy atom. The largest absolute Gasteiger partial charge is 0.416 e. The smallest absolute Gasteiger partial charge is 0.337 e. The van der Waals surface area contributed by atoms with Crippen LogP contribution in [-0.4, -0.2) is 33.5 Å². The molecular weight excluding hydrogens is 463 g/mol. The molecule has 10 heteroatoms. The maximum Gasteiger partial charge on any atom is 0.416 e. The summed E-state index contributed by atoms with van der Waals surface area (Å²) in [5.41, 5.74) is 1.81. The Kier molecular flexibility index (Phi) is 7.17. The summed E-state index contributed by atoms with van der Waals surface area (Å²) in [6, 6.07) is 15.6. The highest BCUT2D eigenvalue weighted by Crippen LogP contribution is 2.30. The fraction of sp³-hybridized carbons (Fsp3) is 0.125. The standard InChI is InChI=1S/C24H20F3N5OS/c25-24(26,27)16-4-3-6-18(14-16)30-23(33)29-12-13-34-19-8-9-20-21(31-32-22(20)15-19)10-7-17-5-1-2-11-28-17/h1-11,14-15H,12-13H2,(H,31,32)(H2,29,30,33). The number of fused-ring (bicyclic) bond motifs is 1. The number of carbonyl (C=O) groups excluding carboxylic acids is 1. The Hall–Kier alpha value is -3.79. The number of pyridine rings is 1. The SMILES string of the molecule is O=C(NCCSc1ccc2c(C=Cc3ccccn3)n[nH]c2c1)Nc1cccc(C(F)(F)F)c1. The number of nitrogens with zero attached hydrogens (tertiary/aromatic N) is 2. The number of rotatable bonds is 7. The third-order valence-electron chi connectivity index (χ3n) is 4.77. The zero-order valence-corrected chi connectivity index (χ0v) is 18.6. The van der Waals surface area contributed by atoms with E-state index in [2.05, 4.69) is 25.8 Å². The van der Waals surface area contributed by atoms with Gasteiger partial charge in [-0.3, -0.25) is 10.1 Å². The minimum atomic E-state index is -4.46. The molecule has 0 aliphatic carbocycles. The number of thioether (sulfide) groups is 1. The quantitative estimate of drug-likeness (QED) is 0.220. The minimum Gasteiger partial charge on any atom is -0.337 e. The van der Waals surface area contributed by atoms with E-state index in [1.54, 1.807) is 18.0 Å². The van der Waals surface area contributed by atoms with Crippen molar-refractivity contribution in [1.29, 1.82) is 0 Å². The highest BCUT2D eigenvalue weighted by Gasteiger charge is 2.30. The first-order chi connectivity index (χ1) is 16.4. The van der Waals surface area contributed by atoms with Gasteiger partial charge >= 0.3 is 12.2 Å². The molecule has 0 atom stereocenters. The zero-order chi connectivity index (χ0) is 24.0. The van der Waals surface area contributed by atoms with Crippen LogP contribution in [0.5, 0.6) is 0 Å². The van der Waals surface area contributed by atoms with Gasteiger partial charge in [-0.1, -0.05) is 12.1 Å². The molecule has 34 heavy (non-hydrogen) atoms. The first-order valence-corrected chi connectivity index (χ1v) is 11.3. The number of aromatic amines is 1. The highest BCUT2D eigenvalue weighted by atomic mass is 32.2. The second-order valence-electron chi connectivity index (χ2n) is 7.21. The van der Waals surface area contributed by atoms with Gasteiger partial charge in [-0.05, 0) is 60.7 Å². The van der Waals surface area contributed by atoms with Crippen LogP contribution in [0, 0.1) is 0 Å². The molecular formula is C24H20F3N5OS.